The van der Waals surface area contributed by atoms with Crippen LogP contribution in [0.25, 0.3) is 0 Å². The van der Waals surface area contributed by atoms with E-state index in [2.05, 4.69) is 34.1 Å². The number of hydrogen-bond acceptors (Lipinski definition) is 8. The summed E-state index contributed by atoms with van der Waals surface area (Å²) in [6, 6.07) is 3.93. The Bertz CT molecular complexity index is 988. The smallest absolute Gasteiger partial charge is 0.408 e. The summed E-state index contributed by atoms with van der Waals surface area (Å²) < 4.78 is 20.2. The highest BCUT2D eigenvalue weighted by Crippen LogP contribution is 2.21. The van der Waals surface area contributed by atoms with Gasteiger partial charge in [0.25, 0.3) is 0 Å². The fraction of sp³-hybridized carbons (Fsp3) is 0.556. The van der Waals surface area contributed by atoms with E-state index in [1.54, 1.807) is 45.9 Å². The van der Waals surface area contributed by atoms with E-state index in [1.807, 2.05) is 0 Å². The average Bonchev–Trinajstić information content (AvgIpc) is 2.83. The minimum atomic E-state index is -0.927. The van der Waals surface area contributed by atoms with Gasteiger partial charge in [-0.2, -0.15) is 0 Å². The highest BCUT2D eigenvalue weighted by Gasteiger charge is 2.25. The standard InChI is InChI=1S/C27H38N2O8/c1-7-9-10-15-28-25(32)21(29-26(33)37-27(3,4)5)17-19-11-13-22(36-18-24(31)34-6)20(16-19)12-14-23(30)35-8-2/h11,13,16,21H,7-10,15,17-18H2,1-6H3,(H,28,32)(H,29,33)/t21-/m0/s1. The Morgan fingerprint density at radius 3 is 2.43 bits per heavy atom. The minimum Gasteiger partial charge on any atom is -0.481 e. The second-order valence-electron chi connectivity index (χ2n) is 9.07. The van der Waals surface area contributed by atoms with Gasteiger partial charge in [0.15, 0.2) is 6.61 Å². The fourth-order valence-corrected chi connectivity index (χ4v) is 3.01. The number of esters is 2. The van der Waals surface area contributed by atoms with E-state index in [1.165, 1.54) is 7.11 Å². The Kier molecular flexibility index (Phi) is 13.6. The number of carbonyl (C=O) groups is 4. The molecule has 2 N–H and O–H groups in total. The molecule has 0 aliphatic carbocycles. The number of rotatable bonds is 12. The molecule has 0 aliphatic heterocycles. The van der Waals surface area contributed by atoms with Crippen molar-refractivity contribution in [2.24, 2.45) is 0 Å². The van der Waals surface area contributed by atoms with E-state index in [4.69, 9.17) is 14.2 Å². The number of ether oxygens (including phenoxy) is 4. The molecule has 10 heteroatoms. The summed E-state index contributed by atoms with van der Waals surface area (Å²) in [6.07, 6.45) is 2.20. The molecule has 0 saturated carbocycles. The lowest BCUT2D eigenvalue weighted by molar-refractivity contribution is -0.143. The number of nitrogens with one attached hydrogen (secondary N) is 2. The van der Waals surface area contributed by atoms with Crippen LogP contribution in [0.15, 0.2) is 18.2 Å². The van der Waals surface area contributed by atoms with Gasteiger partial charge in [0, 0.05) is 18.9 Å². The van der Waals surface area contributed by atoms with Crippen LogP contribution in [0.1, 0.15) is 65.0 Å². The number of alkyl carbamates (subject to hydrolysis) is 1. The molecule has 0 spiro atoms. The lowest BCUT2D eigenvalue weighted by Gasteiger charge is -2.23. The lowest BCUT2D eigenvalue weighted by atomic mass is 10.0. The molecule has 0 aliphatic rings. The highest BCUT2D eigenvalue weighted by molar-refractivity contribution is 5.89. The van der Waals surface area contributed by atoms with Gasteiger partial charge in [0.1, 0.15) is 17.4 Å². The fourth-order valence-electron chi connectivity index (χ4n) is 3.01. The summed E-state index contributed by atoms with van der Waals surface area (Å²) in [5, 5.41) is 5.49. The molecule has 0 radical (unpaired) electrons. The first-order chi connectivity index (χ1) is 17.5. The Morgan fingerprint density at radius 1 is 1.08 bits per heavy atom. The highest BCUT2D eigenvalue weighted by atomic mass is 16.6. The third kappa shape index (κ3) is 13.2. The van der Waals surface area contributed by atoms with Gasteiger partial charge in [0.05, 0.1) is 19.3 Å². The van der Waals surface area contributed by atoms with Crippen LogP contribution in [-0.4, -0.2) is 62.5 Å². The summed E-state index contributed by atoms with van der Waals surface area (Å²) >= 11 is 0. The van der Waals surface area contributed by atoms with Crippen molar-refractivity contribution in [1.29, 1.82) is 0 Å². The number of amides is 2. The summed E-state index contributed by atoms with van der Waals surface area (Å²) in [4.78, 5) is 48.6. The molecule has 1 rings (SSSR count). The summed E-state index contributed by atoms with van der Waals surface area (Å²) in [7, 11) is 1.24. The maximum Gasteiger partial charge on any atom is 0.408 e. The van der Waals surface area contributed by atoms with E-state index in [-0.39, 0.29) is 31.3 Å². The normalized spacial score (nSPS) is 11.3. The van der Waals surface area contributed by atoms with Gasteiger partial charge >= 0.3 is 18.0 Å². The third-order valence-corrected chi connectivity index (χ3v) is 4.72. The molecular formula is C27H38N2O8. The van der Waals surface area contributed by atoms with Crippen LogP contribution in [0.2, 0.25) is 0 Å². The SMILES string of the molecule is CCCCCNC(=O)[C@H](Cc1ccc(OCC(=O)OC)c(C#CC(=O)OCC)c1)NC(=O)OC(C)(C)C. The average molecular weight is 519 g/mol. The van der Waals surface area contributed by atoms with E-state index in [9.17, 15) is 19.2 Å². The Labute approximate surface area is 218 Å². The quantitative estimate of drug-likeness (QED) is 0.187. The zero-order chi connectivity index (χ0) is 27.8. The number of methoxy groups -OCH3 is 1. The molecule has 2 amide bonds. The zero-order valence-corrected chi connectivity index (χ0v) is 22.5. The molecule has 0 bridgehead atoms. The summed E-state index contributed by atoms with van der Waals surface area (Å²) in [5.74, 6) is 3.63. The van der Waals surface area contributed by atoms with Crippen molar-refractivity contribution in [1.82, 2.24) is 10.6 Å². The maximum absolute atomic E-state index is 12.9. The van der Waals surface area contributed by atoms with Crippen molar-refractivity contribution >= 4 is 23.9 Å². The minimum absolute atomic E-state index is 0.115. The molecule has 1 aromatic rings. The largest absolute Gasteiger partial charge is 0.481 e. The van der Waals surface area contributed by atoms with Crippen molar-refractivity contribution < 1.29 is 38.1 Å². The molecule has 0 unspecified atom stereocenters. The van der Waals surface area contributed by atoms with E-state index >= 15 is 0 Å². The molecule has 0 aromatic heterocycles. The Morgan fingerprint density at radius 2 is 1.81 bits per heavy atom. The van der Waals surface area contributed by atoms with Gasteiger partial charge in [-0.25, -0.2) is 14.4 Å². The third-order valence-electron chi connectivity index (χ3n) is 4.72. The van der Waals surface area contributed by atoms with Crippen LogP contribution >= 0.6 is 0 Å². The van der Waals surface area contributed by atoms with Crippen LogP contribution in [0.4, 0.5) is 4.79 Å². The first-order valence-electron chi connectivity index (χ1n) is 12.3. The lowest BCUT2D eigenvalue weighted by Crippen LogP contribution is -2.49. The van der Waals surface area contributed by atoms with E-state index < -0.39 is 29.7 Å². The summed E-state index contributed by atoms with van der Waals surface area (Å²) in [6.45, 7) is 9.22. The molecular weight excluding hydrogens is 480 g/mol. The van der Waals surface area contributed by atoms with Gasteiger partial charge in [-0.3, -0.25) is 4.79 Å². The second-order valence-corrected chi connectivity index (χ2v) is 9.07. The van der Waals surface area contributed by atoms with Crippen LogP contribution in [0, 0.1) is 11.8 Å². The Hall–Kier alpha value is -3.74. The van der Waals surface area contributed by atoms with Crippen LogP contribution in [0.5, 0.6) is 5.75 Å². The van der Waals surface area contributed by atoms with Crippen molar-refractivity contribution in [3.05, 3.63) is 29.3 Å². The van der Waals surface area contributed by atoms with E-state index in [0.717, 1.165) is 19.3 Å². The number of carbonyl (C=O) groups excluding carboxylic acids is 4. The van der Waals surface area contributed by atoms with Gasteiger partial charge in [-0.15, -0.1) is 0 Å². The summed E-state index contributed by atoms with van der Waals surface area (Å²) in [5.41, 5.74) is 0.193. The van der Waals surface area contributed by atoms with Gasteiger partial charge in [-0.05, 0) is 51.8 Å². The van der Waals surface area contributed by atoms with Crippen LogP contribution in [-0.2, 0) is 35.0 Å². The number of benzene rings is 1. The number of hydrogen-bond donors (Lipinski definition) is 2. The first-order valence-corrected chi connectivity index (χ1v) is 12.3. The first kappa shape index (κ1) is 31.3. The molecule has 37 heavy (non-hydrogen) atoms. The number of unbranched alkanes of at least 4 members (excludes halogenated alkanes) is 2. The molecule has 0 saturated heterocycles. The van der Waals surface area contributed by atoms with Crippen molar-refractivity contribution in [3.63, 3.8) is 0 Å². The van der Waals surface area contributed by atoms with Gasteiger partial charge in [-0.1, -0.05) is 31.8 Å². The van der Waals surface area contributed by atoms with Crippen molar-refractivity contribution in [3.8, 4) is 17.6 Å². The van der Waals surface area contributed by atoms with Crippen LogP contribution < -0.4 is 15.4 Å². The Balaban J connectivity index is 3.21. The van der Waals surface area contributed by atoms with Crippen molar-refractivity contribution in [2.45, 2.75) is 71.9 Å². The second kappa shape index (κ2) is 16.1. The molecule has 1 atom stereocenters. The molecule has 10 nitrogen and oxygen atoms in total. The van der Waals surface area contributed by atoms with Gasteiger partial charge in [0.2, 0.25) is 5.91 Å². The predicted octanol–water partition coefficient (Wildman–Crippen LogP) is 2.90. The van der Waals surface area contributed by atoms with Gasteiger partial charge < -0.3 is 29.6 Å². The topological polar surface area (TPSA) is 129 Å². The molecule has 204 valence electrons. The van der Waals surface area contributed by atoms with E-state index in [0.29, 0.717) is 17.7 Å². The molecule has 0 heterocycles. The van der Waals surface area contributed by atoms with Crippen molar-refractivity contribution in [2.75, 3.05) is 26.9 Å². The monoisotopic (exact) mass is 518 g/mol. The zero-order valence-electron chi connectivity index (χ0n) is 22.5. The predicted molar refractivity (Wildman–Crippen MR) is 137 cm³/mol. The maximum atomic E-state index is 12.9. The van der Waals surface area contributed by atoms with Crippen LogP contribution in [0.3, 0.4) is 0 Å². The molecule has 0 fully saturated rings. The molecule has 1 aromatic carbocycles.